The topological polar surface area (TPSA) is 135 Å². The second-order valence-corrected chi connectivity index (χ2v) is 2.71. The molecule has 0 fully saturated rings. The molecule has 0 saturated carbocycles. The second kappa shape index (κ2) is 19.1. The maximum Gasteiger partial charge on any atom is 0.0590 e. The van der Waals surface area contributed by atoms with Crippen LogP contribution in [0.15, 0.2) is 0 Å². The van der Waals surface area contributed by atoms with E-state index in [0.717, 1.165) is 19.3 Å². The molecule has 6 heteroatoms. The van der Waals surface area contributed by atoms with Gasteiger partial charge in [-0.3, -0.25) is 0 Å². The van der Waals surface area contributed by atoms with E-state index in [0.29, 0.717) is 0 Å². The normalized spacial score (nSPS) is 12.0. The Morgan fingerprint density at radius 2 is 1.50 bits per heavy atom. The summed E-state index contributed by atoms with van der Waals surface area (Å²) < 4.78 is 0. The van der Waals surface area contributed by atoms with Crippen LogP contribution in [0.5, 0.6) is 0 Å². The molecule has 2 unspecified atom stereocenters. The molecule has 2 atom stereocenters. The zero-order chi connectivity index (χ0) is 7.98. The standard InChI is InChI=1S/C8H18O2.3H2O.Ti/c1-3-5-8(10)7(4-2)6-9;;;;/h7-10H,3-6H2,1-2H3;3*1H2;. The predicted octanol–water partition coefficient (Wildman–Crippen LogP) is -1.31. The van der Waals surface area contributed by atoms with Gasteiger partial charge in [-0.15, -0.1) is 0 Å². The minimum atomic E-state index is -0.306. The summed E-state index contributed by atoms with van der Waals surface area (Å²) in [6.45, 7) is 4.13. The maximum atomic E-state index is 9.35. The van der Waals surface area contributed by atoms with Crippen molar-refractivity contribution in [1.29, 1.82) is 0 Å². The summed E-state index contributed by atoms with van der Waals surface area (Å²) in [7, 11) is 0. The van der Waals surface area contributed by atoms with Crippen LogP contribution in [0.2, 0.25) is 0 Å². The molecule has 0 aromatic rings. The molecule has 14 heavy (non-hydrogen) atoms. The van der Waals surface area contributed by atoms with Crippen LogP contribution in [0.3, 0.4) is 0 Å². The third-order valence-corrected chi connectivity index (χ3v) is 1.89. The average molecular weight is 248 g/mol. The molecule has 5 nitrogen and oxygen atoms in total. The van der Waals surface area contributed by atoms with Crippen LogP contribution < -0.4 is 0 Å². The Kier molecular flexibility index (Phi) is 40.0. The molecule has 0 heterocycles. The minimum Gasteiger partial charge on any atom is -0.412 e. The summed E-state index contributed by atoms with van der Waals surface area (Å²) in [5.74, 6) is 0.0833. The maximum absolute atomic E-state index is 9.35. The van der Waals surface area contributed by atoms with Crippen LogP contribution in [0, 0.1) is 5.92 Å². The molecule has 8 N–H and O–H groups in total. The predicted molar refractivity (Wildman–Crippen MR) is 52.6 cm³/mol. The minimum absolute atomic E-state index is 0. The van der Waals surface area contributed by atoms with Crippen LogP contribution in [-0.2, 0) is 21.7 Å². The molecule has 0 aromatic carbocycles. The summed E-state index contributed by atoms with van der Waals surface area (Å²) in [5, 5.41) is 18.1. The number of rotatable bonds is 5. The molecule has 0 rings (SSSR count). The number of hydrogen-bond acceptors (Lipinski definition) is 2. The Bertz CT molecular complexity index is 80.1. The van der Waals surface area contributed by atoms with Gasteiger partial charge in [0.15, 0.2) is 0 Å². The van der Waals surface area contributed by atoms with Gasteiger partial charge in [0.2, 0.25) is 0 Å². The van der Waals surface area contributed by atoms with Gasteiger partial charge in [-0.05, 0) is 12.8 Å². The SMILES string of the molecule is CCCC(O)C(CC)CO.O.O.O.[Ti]. The van der Waals surface area contributed by atoms with Crippen LogP contribution in [-0.4, -0.2) is 39.4 Å². The van der Waals surface area contributed by atoms with Crippen LogP contribution in [0.1, 0.15) is 33.1 Å². The summed E-state index contributed by atoms with van der Waals surface area (Å²) in [6.07, 6.45) is 2.34. The van der Waals surface area contributed by atoms with E-state index in [1.807, 2.05) is 13.8 Å². The largest absolute Gasteiger partial charge is 0.412 e. The van der Waals surface area contributed by atoms with E-state index in [1.165, 1.54) is 0 Å². The monoisotopic (exact) mass is 248 g/mol. The Labute approximate surface area is 100 Å². The third-order valence-electron chi connectivity index (χ3n) is 1.89. The van der Waals surface area contributed by atoms with Crippen molar-refractivity contribution in [2.24, 2.45) is 5.92 Å². The van der Waals surface area contributed by atoms with Crippen molar-refractivity contribution in [2.45, 2.75) is 39.2 Å². The molecule has 0 amide bonds. The second-order valence-electron chi connectivity index (χ2n) is 2.71. The van der Waals surface area contributed by atoms with Crippen molar-refractivity contribution in [3.8, 4) is 0 Å². The number of hydrogen-bond donors (Lipinski definition) is 2. The average Bonchev–Trinajstić information content (AvgIpc) is 1.91. The fourth-order valence-corrected chi connectivity index (χ4v) is 1.05. The van der Waals surface area contributed by atoms with Crippen molar-refractivity contribution in [2.75, 3.05) is 6.61 Å². The van der Waals surface area contributed by atoms with Crippen molar-refractivity contribution < 1.29 is 48.4 Å². The van der Waals surface area contributed by atoms with Gasteiger partial charge in [0.1, 0.15) is 0 Å². The summed E-state index contributed by atoms with van der Waals surface area (Å²) >= 11 is 0. The van der Waals surface area contributed by atoms with E-state index in [4.69, 9.17) is 5.11 Å². The molecule has 0 aromatic heterocycles. The molecule has 0 aliphatic heterocycles. The van der Waals surface area contributed by atoms with Gasteiger partial charge in [0, 0.05) is 34.2 Å². The summed E-state index contributed by atoms with van der Waals surface area (Å²) in [4.78, 5) is 0. The van der Waals surface area contributed by atoms with Gasteiger partial charge in [-0.2, -0.15) is 0 Å². The Morgan fingerprint density at radius 1 is 1.07 bits per heavy atom. The molecule has 0 radical (unpaired) electrons. The molecule has 90 valence electrons. The first-order valence-electron chi connectivity index (χ1n) is 4.05. The van der Waals surface area contributed by atoms with E-state index in [2.05, 4.69) is 0 Å². The summed E-state index contributed by atoms with van der Waals surface area (Å²) in [5.41, 5.74) is 0. The first-order valence-corrected chi connectivity index (χ1v) is 4.05. The van der Waals surface area contributed by atoms with Crippen LogP contribution in [0.4, 0.5) is 0 Å². The number of aliphatic hydroxyl groups is 2. The number of aliphatic hydroxyl groups excluding tert-OH is 2. The Hall–Kier alpha value is 0.514. The third kappa shape index (κ3) is 12.5. The fourth-order valence-electron chi connectivity index (χ4n) is 1.05. The fraction of sp³-hybridized carbons (Fsp3) is 1.00. The van der Waals surface area contributed by atoms with Crippen molar-refractivity contribution in [3.05, 3.63) is 0 Å². The summed E-state index contributed by atoms with van der Waals surface area (Å²) in [6, 6.07) is 0. The molecular formula is C8H24O5Ti. The molecule has 0 spiro atoms. The van der Waals surface area contributed by atoms with E-state index >= 15 is 0 Å². The first-order chi connectivity index (χ1) is 4.76. The van der Waals surface area contributed by atoms with Gasteiger partial charge in [-0.1, -0.05) is 20.3 Å². The van der Waals surface area contributed by atoms with Gasteiger partial charge in [0.05, 0.1) is 6.10 Å². The zero-order valence-corrected chi connectivity index (χ0v) is 10.4. The van der Waals surface area contributed by atoms with Gasteiger partial charge < -0.3 is 26.6 Å². The molecule has 0 aliphatic rings. The van der Waals surface area contributed by atoms with Crippen LogP contribution in [0.25, 0.3) is 0 Å². The smallest absolute Gasteiger partial charge is 0.0590 e. The van der Waals surface area contributed by atoms with Gasteiger partial charge in [-0.25, -0.2) is 0 Å². The van der Waals surface area contributed by atoms with Crippen molar-refractivity contribution >= 4 is 0 Å². The van der Waals surface area contributed by atoms with Gasteiger partial charge in [0.25, 0.3) is 0 Å². The van der Waals surface area contributed by atoms with Crippen molar-refractivity contribution in [3.63, 3.8) is 0 Å². The first kappa shape index (κ1) is 29.3. The zero-order valence-electron chi connectivity index (χ0n) is 8.88. The molecular weight excluding hydrogens is 224 g/mol. The van der Waals surface area contributed by atoms with Crippen LogP contribution >= 0.6 is 0 Å². The molecule has 0 bridgehead atoms. The Morgan fingerprint density at radius 3 is 1.71 bits per heavy atom. The molecule has 0 aliphatic carbocycles. The Balaban J connectivity index is -0.0000000675. The molecule has 0 saturated heterocycles. The van der Waals surface area contributed by atoms with Crippen molar-refractivity contribution in [1.82, 2.24) is 0 Å². The van der Waals surface area contributed by atoms with E-state index in [1.54, 1.807) is 0 Å². The van der Waals surface area contributed by atoms with E-state index in [-0.39, 0.29) is 56.8 Å². The van der Waals surface area contributed by atoms with E-state index < -0.39 is 0 Å². The van der Waals surface area contributed by atoms with Gasteiger partial charge >= 0.3 is 0 Å². The quantitative estimate of drug-likeness (QED) is 0.584. The van der Waals surface area contributed by atoms with E-state index in [9.17, 15) is 5.11 Å².